The molecular formula is C17H24O4. The van der Waals surface area contributed by atoms with Crippen molar-refractivity contribution in [3.8, 4) is 11.5 Å². The van der Waals surface area contributed by atoms with Crippen LogP contribution < -0.4 is 9.47 Å². The van der Waals surface area contributed by atoms with Gasteiger partial charge in [0.05, 0.1) is 14.2 Å². The van der Waals surface area contributed by atoms with Crippen molar-refractivity contribution in [2.75, 3.05) is 14.2 Å². The third kappa shape index (κ3) is 3.78. The molecule has 1 rings (SSSR count). The quantitative estimate of drug-likeness (QED) is 0.814. The lowest BCUT2D eigenvalue weighted by molar-refractivity contribution is -0.131. The van der Waals surface area contributed by atoms with Crippen LogP contribution in [0.1, 0.15) is 35.6 Å². The molecule has 4 heteroatoms. The summed E-state index contributed by atoms with van der Waals surface area (Å²) >= 11 is 0. The molecule has 116 valence electrons. The third-order valence-corrected chi connectivity index (χ3v) is 3.86. The number of methoxy groups -OCH3 is 2. The van der Waals surface area contributed by atoms with E-state index in [2.05, 4.69) is 0 Å². The van der Waals surface area contributed by atoms with Gasteiger partial charge in [0.25, 0.3) is 0 Å². The highest BCUT2D eigenvalue weighted by atomic mass is 16.5. The Kier molecular flexibility index (Phi) is 5.82. The monoisotopic (exact) mass is 292 g/mol. The van der Waals surface area contributed by atoms with E-state index in [1.807, 2.05) is 27.7 Å². The number of aliphatic carboxylic acids is 1. The van der Waals surface area contributed by atoms with Crippen molar-refractivity contribution in [1.29, 1.82) is 0 Å². The Bertz CT molecular complexity index is 571. The topological polar surface area (TPSA) is 55.8 Å². The summed E-state index contributed by atoms with van der Waals surface area (Å²) in [6.07, 6.45) is 2.65. The van der Waals surface area contributed by atoms with Crippen molar-refractivity contribution >= 4 is 5.97 Å². The maximum Gasteiger partial charge on any atom is 0.328 e. The van der Waals surface area contributed by atoms with Crippen molar-refractivity contribution in [1.82, 2.24) is 0 Å². The number of hydrogen-bond donors (Lipinski definition) is 1. The van der Waals surface area contributed by atoms with E-state index in [9.17, 15) is 4.79 Å². The van der Waals surface area contributed by atoms with Gasteiger partial charge in [-0.3, -0.25) is 0 Å². The van der Waals surface area contributed by atoms with Crippen LogP contribution in [-0.2, 0) is 11.2 Å². The minimum atomic E-state index is -0.908. The van der Waals surface area contributed by atoms with E-state index in [0.29, 0.717) is 6.42 Å². The predicted molar refractivity (Wildman–Crippen MR) is 83.5 cm³/mol. The van der Waals surface area contributed by atoms with Gasteiger partial charge in [0.1, 0.15) is 11.5 Å². The maximum absolute atomic E-state index is 10.7. The molecule has 0 aliphatic carbocycles. The van der Waals surface area contributed by atoms with Gasteiger partial charge in [-0.15, -0.1) is 0 Å². The molecule has 1 aromatic carbocycles. The molecule has 0 spiro atoms. The van der Waals surface area contributed by atoms with Crippen LogP contribution in [0.25, 0.3) is 0 Å². The number of benzene rings is 1. The molecule has 0 aliphatic heterocycles. The van der Waals surface area contributed by atoms with Gasteiger partial charge in [-0.05, 0) is 57.2 Å². The molecule has 0 heterocycles. The lowest BCUT2D eigenvalue weighted by Gasteiger charge is -2.20. The molecule has 0 amide bonds. The number of carboxylic acids is 1. The first-order valence-electron chi connectivity index (χ1n) is 6.94. The fraction of sp³-hybridized carbons (Fsp3) is 0.471. The van der Waals surface area contributed by atoms with Gasteiger partial charge in [-0.2, -0.15) is 0 Å². The summed E-state index contributed by atoms with van der Waals surface area (Å²) in [6.45, 7) is 7.87. The van der Waals surface area contributed by atoms with Crippen LogP contribution in [0.2, 0.25) is 0 Å². The summed E-state index contributed by atoms with van der Waals surface area (Å²) in [7, 11) is 3.33. The van der Waals surface area contributed by atoms with E-state index in [0.717, 1.165) is 45.7 Å². The van der Waals surface area contributed by atoms with Crippen LogP contribution in [0.5, 0.6) is 11.5 Å². The van der Waals surface area contributed by atoms with Gasteiger partial charge in [-0.25, -0.2) is 4.79 Å². The summed E-state index contributed by atoms with van der Waals surface area (Å²) in [5.74, 6) is 0.839. The van der Waals surface area contributed by atoms with Crippen LogP contribution in [-0.4, -0.2) is 25.3 Å². The summed E-state index contributed by atoms with van der Waals surface area (Å²) < 4.78 is 11.1. The lowest BCUT2D eigenvalue weighted by Crippen LogP contribution is -2.04. The zero-order valence-electron chi connectivity index (χ0n) is 13.7. The minimum Gasteiger partial charge on any atom is -0.496 e. The Morgan fingerprint density at radius 2 is 1.57 bits per heavy atom. The molecule has 21 heavy (non-hydrogen) atoms. The second-order valence-electron chi connectivity index (χ2n) is 5.25. The van der Waals surface area contributed by atoms with E-state index in [4.69, 9.17) is 14.6 Å². The summed E-state index contributed by atoms with van der Waals surface area (Å²) in [6, 6.07) is 0. The zero-order chi connectivity index (χ0) is 16.2. The van der Waals surface area contributed by atoms with E-state index in [-0.39, 0.29) is 0 Å². The van der Waals surface area contributed by atoms with E-state index < -0.39 is 5.97 Å². The van der Waals surface area contributed by atoms with Crippen LogP contribution in [0, 0.1) is 20.8 Å². The highest BCUT2D eigenvalue weighted by molar-refractivity contribution is 5.80. The predicted octanol–water partition coefficient (Wildman–Crippen LogP) is 3.59. The molecule has 0 saturated heterocycles. The number of hydrogen-bond acceptors (Lipinski definition) is 3. The maximum atomic E-state index is 10.7. The summed E-state index contributed by atoms with van der Waals surface area (Å²) in [5, 5.41) is 8.78. The number of allylic oxidation sites excluding steroid dienone is 1. The zero-order valence-corrected chi connectivity index (χ0v) is 13.7. The summed E-state index contributed by atoms with van der Waals surface area (Å²) in [5.41, 5.74) is 5.11. The van der Waals surface area contributed by atoms with Gasteiger partial charge in [0.2, 0.25) is 0 Å². The number of carboxylic acid groups (broad SMARTS) is 1. The first kappa shape index (κ1) is 17.1. The average molecular weight is 292 g/mol. The van der Waals surface area contributed by atoms with Crippen LogP contribution in [0.15, 0.2) is 11.6 Å². The van der Waals surface area contributed by atoms with Crippen molar-refractivity contribution in [2.24, 2.45) is 0 Å². The molecule has 1 aromatic rings. The van der Waals surface area contributed by atoms with E-state index in [1.54, 1.807) is 14.2 Å². The van der Waals surface area contributed by atoms with Crippen molar-refractivity contribution in [3.63, 3.8) is 0 Å². The van der Waals surface area contributed by atoms with E-state index in [1.165, 1.54) is 6.08 Å². The average Bonchev–Trinajstić information content (AvgIpc) is 2.41. The molecule has 0 saturated carbocycles. The smallest absolute Gasteiger partial charge is 0.328 e. The Morgan fingerprint density at radius 1 is 1.05 bits per heavy atom. The van der Waals surface area contributed by atoms with Gasteiger partial charge in [-0.1, -0.05) is 5.57 Å². The Labute approximate surface area is 126 Å². The standard InChI is InChI=1S/C17H24O4/c1-10(9-15(18)19)7-8-14-13(4)16(20-5)11(2)12(3)17(14)21-6/h9H,7-8H2,1-6H3,(H,18,19)/b10-9-. The van der Waals surface area contributed by atoms with Gasteiger partial charge >= 0.3 is 5.97 Å². The molecule has 0 unspecified atom stereocenters. The van der Waals surface area contributed by atoms with Crippen LogP contribution >= 0.6 is 0 Å². The van der Waals surface area contributed by atoms with Crippen LogP contribution in [0.3, 0.4) is 0 Å². The molecule has 0 radical (unpaired) electrons. The third-order valence-electron chi connectivity index (χ3n) is 3.86. The van der Waals surface area contributed by atoms with Gasteiger partial charge in [0, 0.05) is 11.6 Å². The summed E-state index contributed by atoms with van der Waals surface area (Å²) in [4.78, 5) is 10.7. The number of carbonyl (C=O) groups is 1. The van der Waals surface area contributed by atoms with Crippen molar-refractivity contribution in [3.05, 3.63) is 33.9 Å². The lowest BCUT2D eigenvalue weighted by atomic mass is 9.93. The normalized spacial score (nSPS) is 11.4. The number of ether oxygens (including phenoxy) is 2. The molecule has 0 aromatic heterocycles. The number of rotatable bonds is 6. The largest absolute Gasteiger partial charge is 0.496 e. The first-order chi connectivity index (χ1) is 9.83. The first-order valence-corrected chi connectivity index (χ1v) is 6.94. The molecule has 0 fully saturated rings. The second kappa shape index (κ2) is 7.16. The van der Waals surface area contributed by atoms with Crippen LogP contribution in [0.4, 0.5) is 0 Å². The fourth-order valence-corrected chi connectivity index (χ4v) is 2.64. The molecule has 0 bridgehead atoms. The Hall–Kier alpha value is -1.97. The second-order valence-corrected chi connectivity index (χ2v) is 5.25. The molecular weight excluding hydrogens is 268 g/mol. The fourth-order valence-electron chi connectivity index (χ4n) is 2.64. The van der Waals surface area contributed by atoms with Crippen molar-refractivity contribution in [2.45, 2.75) is 40.5 Å². The molecule has 4 nitrogen and oxygen atoms in total. The highest BCUT2D eigenvalue weighted by Crippen LogP contribution is 2.38. The molecule has 0 aliphatic rings. The van der Waals surface area contributed by atoms with Crippen molar-refractivity contribution < 1.29 is 19.4 Å². The van der Waals surface area contributed by atoms with Gasteiger partial charge < -0.3 is 14.6 Å². The molecule has 1 N–H and O–H groups in total. The molecule has 0 atom stereocenters. The Balaban J connectivity index is 3.22. The van der Waals surface area contributed by atoms with Gasteiger partial charge in [0.15, 0.2) is 0 Å². The Morgan fingerprint density at radius 3 is 2.05 bits per heavy atom. The minimum absolute atomic E-state index is 0.676. The SMILES string of the molecule is COc1c(C)c(C)c(OC)c(CC/C(C)=C\C(=O)O)c1C. The van der Waals surface area contributed by atoms with E-state index >= 15 is 0 Å². The highest BCUT2D eigenvalue weighted by Gasteiger charge is 2.18.